The van der Waals surface area contributed by atoms with Gasteiger partial charge in [0.2, 0.25) is 0 Å². The molecule has 2 fully saturated rings. The number of hydrogen-bond donors (Lipinski definition) is 1. The molecule has 17 heavy (non-hydrogen) atoms. The minimum Gasteiger partial charge on any atom is -0.381 e. The highest BCUT2D eigenvalue weighted by molar-refractivity contribution is 4.94. The summed E-state index contributed by atoms with van der Waals surface area (Å²) in [7, 11) is 2.28. The third kappa shape index (κ3) is 3.67. The van der Waals surface area contributed by atoms with Gasteiger partial charge in [0.25, 0.3) is 0 Å². The molecule has 0 aromatic rings. The molecule has 2 aliphatic heterocycles. The first kappa shape index (κ1) is 13.3. The summed E-state index contributed by atoms with van der Waals surface area (Å²) in [5.74, 6) is 0.851. The van der Waals surface area contributed by atoms with Gasteiger partial charge in [-0.15, -0.1) is 0 Å². The molecule has 2 rings (SSSR count). The van der Waals surface area contributed by atoms with Gasteiger partial charge in [-0.05, 0) is 51.6 Å². The van der Waals surface area contributed by atoms with Crippen LogP contribution in [0.4, 0.5) is 0 Å². The van der Waals surface area contributed by atoms with Crippen LogP contribution in [0.2, 0.25) is 0 Å². The smallest absolute Gasteiger partial charge is 0.0469 e. The van der Waals surface area contributed by atoms with Crippen LogP contribution in [0.3, 0.4) is 0 Å². The number of nitrogens with one attached hydrogen (secondary N) is 1. The quantitative estimate of drug-likeness (QED) is 0.794. The average molecular weight is 240 g/mol. The predicted molar refractivity (Wildman–Crippen MR) is 71.3 cm³/mol. The van der Waals surface area contributed by atoms with Crippen LogP contribution in [0, 0.1) is 5.92 Å². The van der Waals surface area contributed by atoms with Gasteiger partial charge in [0.05, 0.1) is 0 Å². The van der Waals surface area contributed by atoms with E-state index in [-0.39, 0.29) is 0 Å². The highest BCUT2D eigenvalue weighted by Crippen LogP contribution is 2.25. The van der Waals surface area contributed by atoms with E-state index in [2.05, 4.69) is 24.2 Å². The van der Waals surface area contributed by atoms with E-state index in [1.165, 1.54) is 51.7 Å². The molecule has 0 spiro atoms. The van der Waals surface area contributed by atoms with E-state index in [4.69, 9.17) is 4.74 Å². The first-order valence-electron chi connectivity index (χ1n) is 7.25. The standard InChI is InChI=1S/C14H28N2O/c1-3-14(7-4-8-15-14)12-16(2)11-13-5-9-17-10-6-13/h13,15H,3-12H2,1-2H3. The number of likely N-dealkylation sites (N-methyl/N-ethyl adjacent to an activating group) is 1. The molecular weight excluding hydrogens is 212 g/mol. The topological polar surface area (TPSA) is 24.5 Å². The van der Waals surface area contributed by atoms with Crippen molar-refractivity contribution in [3.05, 3.63) is 0 Å². The Morgan fingerprint density at radius 3 is 2.71 bits per heavy atom. The molecule has 2 saturated heterocycles. The summed E-state index contributed by atoms with van der Waals surface area (Å²) in [5, 5.41) is 3.72. The molecule has 1 N–H and O–H groups in total. The van der Waals surface area contributed by atoms with Gasteiger partial charge in [0, 0.05) is 31.8 Å². The normalized spacial score (nSPS) is 31.2. The van der Waals surface area contributed by atoms with Crippen molar-refractivity contribution in [2.24, 2.45) is 5.92 Å². The molecule has 100 valence electrons. The van der Waals surface area contributed by atoms with Crippen LogP contribution >= 0.6 is 0 Å². The Labute approximate surface area is 106 Å². The Morgan fingerprint density at radius 1 is 1.35 bits per heavy atom. The van der Waals surface area contributed by atoms with Gasteiger partial charge < -0.3 is 15.0 Å². The maximum atomic E-state index is 5.42. The number of ether oxygens (including phenoxy) is 1. The molecule has 0 aliphatic carbocycles. The Balaban J connectivity index is 1.77. The van der Waals surface area contributed by atoms with Crippen molar-refractivity contribution >= 4 is 0 Å². The minimum atomic E-state index is 0.403. The van der Waals surface area contributed by atoms with Gasteiger partial charge >= 0.3 is 0 Å². The van der Waals surface area contributed by atoms with Gasteiger partial charge in [-0.1, -0.05) is 6.92 Å². The van der Waals surface area contributed by atoms with Gasteiger partial charge in [-0.3, -0.25) is 0 Å². The lowest BCUT2D eigenvalue weighted by atomic mass is 9.92. The maximum Gasteiger partial charge on any atom is 0.0469 e. The number of rotatable bonds is 5. The van der Waals surface area contributed by atoms with Crippen molar-refractivity contribution in [3.8, 4) is 0 Å². The molecular formula is C14H28N2O. The SMILES string of the molecule is CCC1(CN(C)CC2CCOCC2)CCCN1. The summed E-state index contributed by atoms with van der Waals surface area (Å²) < 4.78 is 5.42. The van der Waals surface area contributed by atoms with Crippen molar-refractivity contribution in [3.63, 3.8) is 0 Å². The fraction of sp³-hybridized carbons (Fsp3) is 1.00. The zero-order valence-corrected chi connectivity index (χ0v) is 11.5. The summed E-state index contributed by atoms with van der Waals surface area (Å²) in [6, 6.07) is 0. The largest absolute Gasteiger partial charge is 0.381 e. The lowest BCUT2D eigenvalue weighted by Gasteiger charge is -2.35. The highest BCUT2D eigenvalue weighted by atomic mass is 16.5. The third-order valence-electron chi connectivity index (χ3n) is 4.49. The summed E-state index contributed by atoms with van der Waals surface area (Å²) in [6.45, 7) is 7.92. The molecule has 0 saturated carbocycles. The second-order valence-electron chi connectivity index (χ2n) is 5.92. The molecule has 2 aliphatic rings. The van der Waals surface area contributed by atoms with Crippen molar-refractivity contribution in [1.29, 1.82) is 0 Å². The van der Waals surface area contributed by atoms with E-state index in [1.54, 1.807) is 0 Å². The lowest BCUT2D eigenvalue weighted by Crippen LogP contribution is -2.49. The van der Waals surface area contributed by atoms with Crippen LogP contribution in [0.25, 0.3) is 0 Å². The second-order valence-corrected chi connectivity index (χ2v) is 5.92. The molecule has 0 radical (unpaired) electrons. The van der Waals surface area contributed by atoms with E-state index in [0.717, 1.165) is 19.1 Å². The zero-order valence-electron chi connectivity index (χ0n) is 11.5. The summed E-state index contributed by atoms with van der Waals surface area (Å²) >= 11 is 0. The first-order chi connectivity index (χ1) is 8.24. The Bertz CT molecular complexity index is 220. The zero-order chi connectivity index (χ0) is 12.1. The van der Waals surface area contributed by atoms with Crippen molar-refractivity contribution in [2.45, 2.75) is 44.6 Å². The number of hydrogen-bond acceptors (Lipinski definition) is 3. The molecule has 0 bridgehead atoms. The van der Waals surface area contributed by atoms with Crippen LogP contribution in [0.5, 0.6) is 0 Å². The van der Waals surface area contributed by atoms with Gasteiger partial charge in [0.15, 0.2) is 0 Å². The van der Waals surface area contributed by atoms with Crippen molar-refractivity contribution in [2.75, 3.05) is 39.9 Å². The first-order valence-corrected chi connectivity index (χ1v) is 7.25. The molecule has 3 heteroatoms. The maximum absolute atomic E-state index is 5.42. The van der Waals surface area contributed by atoms with E-state index in [9.17, 15) is 0 Å². The van der Waals surface area contributed by atoms with Crippen LogP contribution in [-0.2, 0) is 4.74 Å². The van der Waals surface area contributed by atoms with Crippen LogP contribution in [-0.4, -0.2) is 50.3 Å². The highest BCUT2D eigenvalue weighted by Gasteiger charge is 2.32. The van der Waals surface area contributed by atoms with E-state index in [0.29, 0.717) is 5.54 Å². The Hall–Kier alpha value is -0.120. The molecule has 0 amide bonds. The third-order valence-corrected chi connectivity index (χ3v) is 4.49. The van der Waals surface area contributed by atoms with Crippen LogP contribution in [0.1, 0.15) is 39.0 Å². The summed E-state index contributed by atoms with van der Waals surface area (Å²) in [5.41, 5.74) is 0.403. The Kier molecular flexibility index (Phi) is 4.83. The monoisotopic (exact) mass is 240 g/mol. The number of nitrogens with zero attached hydrogens (tertiary/aromatic N) is 1. The lowest BCUT2D eigenvalue weighted by molar-refractivity contribution is 0.0523. The average Bonchev–Trinajstić information content (AvgIpc) is 2.79. The molecule has 2 heterocycles. The van der Waals surface area contributed by atoms with Crippen molar-refractivity contribution < 1.29 is 4.74 Å². The van der Waals surface area contributed by atoms with Crippen molar-refractivity contribution in [1.82, 2.24) is 10.2 Å². The molecule has 0 aromatic carbocycles. The predicted octanol–water partition coefficient (Wildman–Crippen LogP) is 1.88. The molecule has 1 unspecified atom stereocenters. The van der Waals surface area contributed by atoms with E-state index < -0.39 is 0 Å². The van der Waals surface area contributed by atoms with Crippen LogP contribution < -0.4 is 5.32 Å². The van der Waals surface area contributed by atoms with Gasteiger partial charge in [-0.25, -0.2) is 0 Å². The van der Waals surface area contributed by atoms with E-state index >= 15 is 0 Å². The summed E-state index contributed by atoms with van der Waals surface area (Å²) in [6.07, 6.45) is 6.44. The fourth-order valence-electron chi connectivity index (χ4n) is 3.37. The second kappa shape index (κ2) is 6.17. The van der Waals surface area contributed by atoms with Gasteiger partial charge in [0.1, 0.15) is 0 Å². The summed E-state index contributed by atoms with van der Waals surface area (Å²) in [4.78, 5) is 2.54. The molecule has 0 aromatic heterocycles. The van der Waals surface area contributed by atoms with E-state index in [1.807, 2.05) is 0 Å². The molecule has 3 nitrogen and oxygen atoms in total. The Morgan fingerprint density at radius 2 is 2.12 bits per heavy atom. The van der Waals surface area contributed by atoms with Gasteiger partial charge in [-0.2, -0.15) is 0 Å². The molecule has 1 atom stereocenters. The van der Waals surface area contributed by atoms with Crippen LogP contribution in [0.15, 0.2) is 0 Å². The fourth-order valence-corrected chi connectivity index (χ4v) is 3.37. The minimum absolute atomic E-state index is 0.403.